The Morgan fingerprint density at radius 1 is 1.06 bits per heavy atom. The van der Waals surface area contributed by atoms with Crippen molar-refractivity contribution in [1.29, 1.82) is 0 Å². The van der Waals surface area contributed by atoms with Gasteiger partial charge >= 0.3 is 6.09 Å². The van der Waals surface area contributed by atoms with Crippen molar-refractivity contribution in [2.24, 2.45) is 0 Å². The van der Waals surface area contributed by atoms with Gasteiger partial charge in [0.25, 0.3) is 10.0 Å². The Morgan fingerprint density at radius 3 is 2.38 bits per heavy atom. The van der Waals surface area contributed by atoms with E-state index in [1.54, 1.807) is 13.0 Å². The molecule has 1 unspecified atom stereocenters. The van der Waals surface area contributed by atoms with Crippen LogP contribution in [0.1, 0.15) is 26.2 Å². The number of nitrogens with zero attached hydrogens (tertiary/aromatic N) is 2. The fourth-order valence-corrected chi connectivity index (χ4v) is 6.00. The smallest absolute Gasteiger partial charge is 0.407 e. The summed E-state index contributed by atoms with van der Waals surface area (Å²) >= 11 is 18.4. The zero-order valence-corrected chi connectivity index (χ0v) is 21.9. The maximum Gasteiger partial charge on any atom is 0.407 e. The Labute approximate surface area is 216 Å². The number of benzene rings is 2. The van der Waals surface area contributed by atoms with Crippen molar-refractivity contribution in [3.05, 3.63) is 57.5 Å². The molecule has 0 spiro atoms. The second-order valence-corrected chi connectivity index (χ2v) is 11.2. The maximum absolute atomic E-state index is 13.6. The number of amides is 1. The molecule has 1 aliphatic rings. The van der Waals surface area contributed by atoms with Crippen molar-refractivity contribution in [2.45, 2.75) is 37.1 Å². The van der Waals surface area contributed by atoms with E-state index in [1.807, 2.05) is 0 Å². The first-order valence-electron chi connectivity index (χ1n) is 11.1. The van der Waals surface area contributed by atoms with Gasteiger partial charge in [-0.25, -0.2) is 13.2 Å². The number of rotatable bonds is 9. The fourth-order valence-electron chi connectivity index (χ4n) is 3.79. The molecule has 2 aromatic rings. The number of hydrogen-bond donors (Lipinski definition) is 1. The lowest BCUT2D eigenvalue weighted by Crippen LogP contribution is -2.43. The van der Waals surface area contributed by atoms with E-state index in [4.69, 9.17) is 39.5 Å². The van der Waals surface area contributed by atoms with Gasteiger partial charge in [0.1, 0.15) is 6.61 Å². The summed E-state index contributed by atoms with van der Waals surface area (Å²) in [5.41, 5.74) is 0.186. The molecule has 1 atom stereocenters. The lowest BCUT2D eigenvalue weighted by Gasteiger charge is -2.31. The molecule has 186 valence electrons. The van der Waals surface area contributed by atoms with E-state index in [2.05, 4.69) is 10.2 Å². The molecule has 3 rings (SSSR count). The number of ether oxygens (including phenoxy) is 1. The van der Waals surface area contributed by atoms with Crippen LogP contribution in [0.15, 0.2) is 47.4 Å². The number of halogens is 3. The topological polar surface area (TPSA) is 79.0 Å². The molecular formula is C23H28Cl3N3O4S. The predicted molar refractivity (Wildman–Crippen MR) is 137 cm³/mol. The third-order valence-electron chi connectivity index (χ3n) is 5.52. The van der Waals surface area contributed by atoms with Gasteiger partial charge < -0.3 is 15.0 Å². The summed E-state index contributed by atoms with van der Waals surface area (Å²) in [7, 11) is -4.08. The number of alkyl carbamates (subject to hydrolysis) is 1. The Morgan fingerprint density at radius 2 is 1.71 bits per heavy atom. The highest BCUT2D eigenvalue weighted by molar-refractivity contribution is 7.92. The monoisotopic (exact) mass is 547 g/mol. The van der Waals surface area contributed by atoms with Gasteiger partial charge in [0, 0.05) is 23.1 Å². The third kappa shape index (κ3) is 7.15. The highest BCUT2D eigenvalue weighted by atomic mass is 35.5. The van der Waals surface area contributed by atoms with Crippen LogP contribution >= 0.6 is 34.8 Å². The van der Waals surface area contributed by atoms with Gasteiger partial charge in [0.2, 0.25) is 0 Å². The number of hydrogen-bond acceptors (Lipinski definition) is 5. The third-order valence-corrected chi connectivity index (χ3v) is 8.27. The molecular weight excluding hydrogens is 521 g/mol. The Hall–Kier alpha value is -1.71. The van der Waals surface area contributed by atoms with Crippen molar-refractivity contribution in [3.63, 3.8) is 0 Å². The van der Waals surface area contributed by atoms with Crippen molar-refractivity contribution < 1.29 is 17.9 Å². The molecule has 2 aromatic carbocycles. The van der Waals surface area contributed by atoms with E-state index < -0.39 is 22.2 Å². The summed E-state index contributed by atoms with van der Waals surface area (Å²) in [6.07, 6.45) is 2.98. The van der Waals surface area contributed by atoms with Crippen LogP contribution < -0.4 is 9.62 Å². The molecule has 0 aliphatic carbocycles. The predicted octanol–water partition coefficient (Wildman–Crippen LogP) is 5.44. The number of likely N-dealkylation sites (tertiary alicyclic amines) is 1. The Kier molecular flexibility index (Phi) is 9.74. The fraction of sp³-hybridized carbons (Fsp3) is 0.435. The SMILES string of the molecule is CC(COC(=O)NCCN1CCCCC1)N(c1cc(Cl)ccc1Cl)S(=O)(=O)c1ccc(Cl)cc1. The summed E-state index contributed by atoms with van der Waals surface area (Å²) in [5, 5.41) is 3.65. The minimum atomic E-state index is -4.08. The first kappa shape index (κ1) is 26.9. The normalized spacial score (nSPS) is 15.5. The van der Waals surface area contributed by atoms with Gasteiger partial charge in [-0.2, -0.15) is 0 Å². The second-order valence-electron chi connectivity index (χ2n) is 8.13. The first-order valence-corrected chi connectivity index (χ1v) is 13.6. The van der Waals surface area contributed by atoms with E-state index in [1.165, 1.54) is 55.7 Å². The summed E-state index contributed by atoms with van der Waals surface area (Å²) in [6, 6.07) is 9.57. The molecule has 1 aliphatic heterocycles. The van der Waals surface area contributed by atoms with Gasteiger partial charge in [-0.05, 0) is 75.3 Å². The number of carbonyl (C=O) groups is 1. The van der Waals surface area contributed by atoms with Crippen LogP contribution in [0.25, 0.3) is 0 Å². The molecule has 1 amide bonds. The van der Waals surface area contributed by atoms with Crippen LogP contribution in [0.5, 0.6) is 0 Å². The summed E-state index contributed by atoms with van der Waals surface area (Å²) in [4.78, 5) is 14.6. The van der Waals surface area contributed by atoms with E-state index in [0.29, 0.717) is 16.6 Å². The van der Waals surface area contributed by atoms with Crippen molar-refractivity contribution in [2.75, 3.05) is 37.1 Å². The Balaban J connectivity index is 1.72. The highest BCUT2D eigenvalue weighted by Gasteiger charge is 2.32. The van der Waals surface area contributed by atoms with E-state index in [9.17, 15) is 13.2 Å². The van der Waals surface area contributed by atoms with Gasteiger partial charge in [-0.15, -0.1) is 0 Å². The van der Waals surface area contributed by atoms with Crippen LogP contribution in [-0.4, -0.2) is 58.2 Å². The van der Waals surface area contributed by atoms with Crippen LogP contribution in [0.4, 0.5) is 10.5 Å². The highest BCUT2D eigenvalue weighted by Crippen LogP contribution is 2.35. The van der Waals surface area contributed by atoms with E-state index in [-0.39, 0.29) is 22.2 Å². The van der Waals surface area contributed by atoms with Crippen LogP contribution in [0.3, 0.4) is 0 Å². The summed E-state index contributed by atoms with van der Waals surface area (Å²) in [6.45, 7) is 4.72. The number of carbonyl (C=O) groups excluding carboxylic acids is 1. The van der Waals surface area contributed by atoms with Crippen LogP contribution in [-0.2, 0) is 14.8 Å². The molecule has 7 nitrogen and oxygen atoms in total. The number of anilines is 1. The first-order chi connectivity index (χ1) is 16.2. The zero-order valence-electron chi connectivity index (χ0n) is 18.8. The zero-order chi connectivity index (χ0) is 24.7. The van der Waals surface area contributed by atoms with E-state index in [0.717, 1.165) is 23.9 Å². The molecule has 11 heteroatoms. The molecule has 34 heavy (non-hydrogen) atoms. The second kappa shape index (κ2) is 12.3. The van der Waals surface area contributed by atoms with Gasteiger partial charge in [0.05, 0.1) is 21.6 Å². The standard InChI is InChI=1S/C23H28Cl3N3O4S/c1-17(16-33-23(30)27-11-14-28-12-3-2-4-13-28)29(22-15-19(25)7-10-21(22)26)34(31,32)20-8-5-18(24)6-9-20/h5-10,15,17H,2-4,11-14,16H2,1H3,(H,27,30). The average Bonchev–Trinajstić information content (AvgIpc) is 2.81. The van der Waals surface area contributed by atoms with Crippen LogP contribution in [0, 0.1) is 0 Å². The minimum absolute atomic E-state index is 0.0192. The largest absolute Gasteiger partial charge is 0.447 e. The quantitative estimate of drug-likeness (QED) is 0.451. The van der Waals surface area contributed by atoms with Crippen molar-refractivity contribution in [1.82, 2.24) is 10.2 Å². The maximum atomic E-state index is 13.6. The summed E-state index contributed by atoms with van der Waals surface area (Å²) < 4.78 is 33.6. The molecule has 1 heterocycles. The average molecular weight is 549 g/mol. The lowest BCUT2D eigenvalue weighted by molar-refractivity contribution is 0.139. The van der Waals surface area contributed by atoms with E-state index >= 15 is 0 Å². The molecule has 1 N–H and O–H groups in total. The molecule has 0 saturated carbocycles. The molecule has 1 fully saturated rings. The van der Waals surface area contributed by atoms with Crippen molar-refractivity contribution in [3.8, 4) is 0 Å². The Bertz CT molecular complexity index is 1080. The number of piperidine rings is 1. The molecule has 0 bridgehead atoms. The number of nitrogens with one attached hydrogen (secondary N) is 1. The molecule has 0 radical (unpaired) electrons. The lowest BCUT2D eigenvalue weighted by atomic mass is 10.1. The van der Waals surface area contributed by atoms with Gasteiger partial charge in [-0.3, -0.25) is 4.31 Å². The minimum Gasteiger partial charge on any atom is -0.447 e. The number of sulfonamides is 1. The molecule has 0 aromatic heterocycles. The van der Waals surface area contributed by atoms with Gasteiger partial charge in [-0.1, -0.05) is 41.2 Å². The van der Waals surface area contributed by atoms with Gasteiger partial charge in [0.15, 0.2) is 0 Å². The summed E-state index contributed by atoms with van der Waals surface area (Å²) in [5.74, 6) is 0. The molecule has 1 saturated heterocycles. The van der Waals surface area contributed by atoms with Crippen LogP contribution in [0.2, 0.25) is 15.1 Å². The van der Waals surface area contributed by atoms with Crippen molar-refractivity contribution >= 4 is 56.6 Å².